The minimum Gasteiger partial charge on any atom is -0.397 e. The molecular weight excluding hydrogens is 286 g/mol. The molecule has 0 saturated heterocycles. The summed E-state index contributed by atoms with van der Waals surface area (Å²) in [6.45, 7) is 1.93. The standard InChI is InChI=1S/C19H17N3O/c1-12-10-14-4-3-5-16(20)18(14)22(12)19(23)15-6-7-17-13(11-15)8-9-21(17)2/h3-11H,20H2,1-2H3. The molecule has 114 valence electrons. The van der Waals surface area contributed by atoms with Crippen LogP contribution in [-0.4, -0.2) is 15.0 Å². The number of aromatic nitrogens is 2. The van der Waals surface area contributed by atoms with Gasteiger partial charge in [-0.3, -0.25) is 9.36 Å². The van der Waals surface area contributed by atoms with E-state index in [2.05, 4.69) is 0 Å². The molecule has 4 aromatic rings. The number of nitrogens with zero attached hydrogens (tertiary/aromatic N) is 2. The molecule has 2 N–H and O–H groups in total. The van der Waals surface area contributed by atoms with E-state index in [0.29, 0.717) is 11.3 Å². The fourth-order valence-electron chi connectivity index (χ4n) is 3.23. The maximum absolute atomic E-state index is 13.0. The average Bonchev–Trinajstić information content (AvgIpc) is 3.07. The number of benzene rings is 2. The van der Waals surface area contributed by atoms with Crippen molar-refractivity contribution in [2.45, 2.75) is 6.92 Å². The first-order chi connectivity index (χ1) is 11.1. The number of fused-ring (bicyclic) bond motifs is 2. The van der Waals surface area contributed by atoms with Crippen LogP contribution in [0.15, 0.2) is 54.7 Å². The minimum absolute atomic E-state index is 0.0545. The van der Waals surface area contributed by atoms with Gasteiger partial charge >= 0.3 is 0 Å². The normalized spacial score (nSPS) is 11.4. The fraction of sp³-hybridized carbons (Fsp3) is 0.105. The van der Waals surface area contributed by atoms with Crippen molar-refractivity contribution in [1.29, 1.82) is 0 Å². The van der Waals surface area contributed by atoms with Gasteiger partial charge < -0.3 is 10.3 Å². The lowest BCUT2D eigenvalue weighted by molar-refractivity contribution is 0.0963. The predicted octanol–water partition coefficient (Wildman–Crippen LogP) is 3.71. The Labute approximate surface area is 133 Å². The van der Waals surface area contributed by atoms with Crippen LogP contribution in [-0.2, 0) is 7.05 Å². The Bertz CT molecular complexity index is 1070. The molecule has 0 spiro atoms. The molecule has 4 heteroatoms. The van der Waals surface area contributed by atoms with Crippen LogP contribution in [0, 0.1) is 6.92 Å². The van der Waals surface area contributed by atoms with Crippen molar-refractivity contribution in [2.24, 2.45) is 7.05 Å². The summed E-state index contributed by atoms with van der Waals surface area (Å²) < 4.78 is 3.74. The smallest absolute Gasteiger partial charge is 0.262 e. The summed E-state index contributed by atoms with van der Waals surface area (Å²) in [5, 5.41) is 2.04. The maximum Gasteiger partial charge on any atom is 0.262 e. The van der Waals surface area contributed by atoms with Gasteiger partial charge in [0.25, 0.3) is 5.91 Å². The number of carbonyl (C=O) groups excluding carboxylic acids is 1. The van der Waals surface area contributed by atoms with Crippen molar-refractivity contribution >= 4 is 33.4 Å². The molecule has 0 saturated carbocycles. The molecule has 0 aliphatic heterocycles. The molecule has 0 aliphatic rings. The van der Waals surface area contributed by atoms with Gasteiger partial charge in [0, 0.05) is 40.8 Å². The van der Waals surface area contributed by atoms with Gasteiger partial charge in [0.1, 0.15) is 0 Å². The summed E-state index contributed by atoms with van der Waals surface area (Å²) in [6.07, 6.45) is 1.99. The lowest BCUT2D eigenvalue weighted by atomic mass is 10.1. The van der Waals surface area contributed by atoms with Crippen LogP contribution >= 0.6 is 0 Å². The van der Waals surface area contributed by atoms with E-state index < -0.39 is 0 Å². The Balaban J connectivity index is 1.92. The first-order valence-corrected chi connectivity index (χ1v) is 7.52. The third kappa shape index (κ3) is 1.95. The molecule has 0 atom stereocenters. The van der Waals surface area contributed by atoms with E-state index in [-0.39, 0.29) is 5.91 Å². The number of aryl methyl sites for hydroxylation is 2. The molecule has 2 aromatic heterocycles. The number of carbonyl (C=O) groups is 1. The lowest BCUT2D eigenvalue weighted by Gasteiger charge is -2.09. The summed E-state index contributed by atoms with van der Waals surface area (Å²) >= 11 is 0. The highest BCUT2D eigenvalue weighted by molar-refractivity contribution is 6.07. The summed E-state index contributed by atoms with van der Waals surface area (Å²) in [5.74, 6) is -0.0545. The quantitative estimate of drug-likeness (QED) is 0.545. The summed E-state index contributed by atoms with van der Waals surface area (Å²) in [5.41, 5.74) is 10.2. The topological polar surface area (TPSA) is 52.9 Å². The van der Waals surface area contributed by atoms with Gasteiger partial charge in [-0.25, -0.2) is 0 Å². The summed E-state index contributed by atoms with van der Waals surface area (Å²) in [6, 6.07) is 15.5. The predicted molar refractivity (Wildman–Crippen MR) is 93.7 cm³/mol. The number of hydrogen-bond donors (Lipinski definition) is 1. The molecule has 0 aliphatic carbocycles. The van der Waals surface area contributed by atoms with Crippen LogP contribution in [0.3, 0.4) is 0 Å². The first-order valence-electron chi connectivity index (χ1n) is 7.52. The number of rotatable bonds is 1. The second-order valence-corrected chi connectivity index (χ2v) is 5.91. The maximum atomic E-state index is 13.0. The van der Waals surface area contributed by atoms with Crippen LogP contribution in [0.25, 0.3) is 21.8 Å². The third-order valence-electron chi connectivity index (χ3n) is 4.37. The highest BCUT2D eigenvalue weighted by atomic mass is 16.2. The fourth-order valence-corrected chi connectivity index (χ4v) is 3.23. The van der Waals surface area contributed by atoms with Gasteiger partial charge in [0.15, 0.2) is 0 Å². The summed E-state index contributed by atoms with van der Waals surface area (Å²) in [7, 11) is 1.99. The Morgan fingerprint density at radius 2 is 1.87 bits per heavy atom. The van der Waals surface area contributed by atoms with Crippen LogP contribution in [0.2, 0.25) is 0 Å². The van der Waals surface area contributed by atoms with Gasteiger partial charge in [-0.2, -0.15) is 0 Å². The van der Waals surface area contributed by atoms with Crippen LogP contribution in [0.1, 0.15) is 16.1 Å². The highest BCUT2D eigenvalue weighted by Crippen LogP contribution is 2.26. The van der Waals surface area contributed by atoms with Crippen LogP contribution < -0.4 is 5.73 Å². The second-order valence-electron chi connectivity index (χ2n) is 5.91. The molecule has 4 nitrogen and oxygen atoms in total. The first kappa shape index (κ1) is 13.6. The third-order valence-corrected chi connectivity index (χ3v) is 4.37. The number of nitrogens with two attached hydrogens (primary N) is 1. The van der Waals surface area contributed by atoms with E-state index in [9.17, 15) is 4.79 Å². The molecule has 0 amide bonds. The lowest BCUT2D eigenvalue weighted by Crippen LogP contribution is -2.14. The van der Waals surface area contributed by atoms with Gasteiger partial charge in [0.05, 0.1) is 11.2 Å². The highest BCUT2D eigenvalue weighted by Gasteiger charge is 2.17. The molecular formula is C19H17N3O. The number of para-hydroxylation sites is 1. The molecule has 23 heavy (non-hydrogen) atoms. The van der Waals surface area contributed by atoms with Gasteiger partial charge in [-0.05, 0) is 43.3 Å². The van der Waals surface area contributed by atoms with Crippen molar-refractivity contribution in [3.05, 3.63) is 66.0 Å². The Hall–Kier alpha value is -3.01. The van der Waals surface area contributed by atoms with Crippen molar-refractivity contribution in [1.82, 2.24) is 9.13 Å². The van der Waals surface area contributed by atoms with Crippen molar-refractivity contribution in [2.75, 3.05) is 5.73 Å². The molecule has 0 bridgehead atoms. The van der Waals surface area contributed by atoms with E-state index in [0.717, 1.165) is 27.5 Å². The van der Waals surface area contributed by atoms with E-state index >= 15 is 0 Å². The van der Waals surface area contributed by atoms with Crippen molar-refractivity contribution < 1.29 is 4.79 Å². The van der Waals surface area contributed by atoms with E-state index in [1.165, 1.54) is 0 Å². The molecule has 0 fully saturated rings. The zero-order valence-electron chi connectivity index (χ0n) is 13.1. The SMILES string of the molecule is Cc1cc2cccc(N)c2n1C(=O)c1ccc2c(ccn2C)c1. The zero-order valence-corrected chi connectivity index (χ0v) is 13.1. The second kappa shape index (κ2) is 4.74. The largest absolute Gasteiger partial charge is 0.397 e. The Morgan fingerprint density at radius 1 is 1.04 bits per heavy atom. The molecule has 4 rings (SSSR count). The van der Waals surface area contributed by atoms with E-state index in [4.69, 9.17) is 5.73 Å². The van der Waals surface area contributed by atoms with Gasteiger partial charge in [-0.1, -0.05) is 12.1 Å². The number of anilines is 1. The van der Waals surface area contributed by atoms with Crippen LogP contribution in [0.5, 0.6) is 0 Å². The van der Waals surface area contributed by atoms with Gasteiger partial charge in [0.2, 0.25) is 0 Å². The number of hydrogen-bond acceptors (Lipinski definition) is 2. The van der Waals surface area contributed by atoms with E-state index in [1.54, 1.807) is 4.57 Å². The Morgan fingerprint density at radius 3 is 2.70 bits per heavy atom. The molecule has 0 radical (unpaired) electrons. The zero-order chi connectivity index (χ0) is 16.1. The Kier molecular flexibility index (Phi) is 2.81. The van der Waals surface area contributed by atoms with Gasteiger partial charge in [-0.15, -0.1) is 0 Å². The monoisotopic (exact) mass is 303 g/mol. The van der Waals surface area contributed by atoms with Crippen molar-refractivity contribution in [3.8, 4) is 0 Å². The molecule has 2 heterocycles. The van der Waals surface area contributed by atoms with Crippen molar-refractivity contribution in [3.63, 3.8) is 0 Å². The summed E-state index contributed by atoms with van der Waals surface area (Å²) in [4.78, 5) is 13.0. The average molecular weight is 303 g/mol. The minimum atomic E-state index is -0.0545. The van der Waals surface area contributed by atoms with Crippen LogP contribution in [0.4, 0.5) is 5.69 Å². The van der Waals surface area contributed by atoms with E-state index in [1.807, 2.05) is 73.3 Å². The number of nitrogen functional groups attached to an aromatic ring is 1. The molecule has 0 unspecified atom stereocenters. The molecule has 2 aromatic carbocycles.